The lowest BCUT2D eigenvalue weighted by molar-refractivity contribution is -0.143. The van der Waals surface area contributed by atoms with Gasteiger partial charge >= 0.3 is 5.97 Å². The Kier molecular flexibility index (Phi) is 69.4. The van der Waals surface area contributed by atoms with Gasteiger partial charge < -0.3 is 20.3 Å². The summed E-state index contributed by atoms with van der Waals surface area (Å²) in [5.74, 6) is -0.0130. The molecule has 2 unspecified atom stereocenters. The van der Waals surface area contributed by atoms with E-state index < -0.39 is 12.1 Å². The van der Waals surface area contributed by atoms with E-state index in [9.17, 15) is 19.8 Å². The van der Waals surface area contributed by atoms with Gasteiger partial charge in [-0.1, -0.05) is 353 Å². The molecule has 2 atom stereocenters. The van der Waals surface area contributed by atoms with Gasteiger partial charge in [0.1, 0.15) is 0 Å². The standard InChI is InChI=1S/C75H145NO5/c1-3-5-7-9-11-13-15-17-19-37-41-45-49-53-57-61-65-69-75(80)81-70-66-62-58-54-50-46-42-39-36-34-32-30-28-26-24-22-20-21-23-25-27-29-31-33-35-38-40-44-48-52-56-60-64-68-74(79)76-72(71-77)73(78)67-63-59-55-51-47-43-18-16-14-12-10-8-6-4-2/h17,19,24,26,72-73,77-78H,3-16,18,20-23,25,27-71H2,1-2H3,(H,76,79)/b19-17-,26-24-. The van der Waals surface area contributed by atoms with Gasteiger partial charge in [0.15, 0.2) is 0 Å². The average molecular weight is 1140 g/mol. The van der Waals surface area contributed by atoms with E-state index in [0.29, 0.717) is 25.9 Å². The second-order valence-corrected chi connectivity index (χ2v) is 25.6. The Hall–Kier alpha value is -1.66. The third kappa shape index (κ3) is 67.3. The molecule has 480 valence electrons. The lowest BCUT2D eigenvalue weighted by Crippen LogP contribution is -2.45. The first-order chi connectivity index (χ1) is 40.0. The zero-order valence-corrected chi connectivity index (χ0v) is 55.0. The van der Waals surface area contributed by atoms with Crippen molar-refractivity contribution in [3.63, 3.8) is 0 Å². The fourth-order valence-corrected chi connectivity index (χ4v) is 11.8. The van der Waals surface area contributed by atoms with Crippen LogP contribution in [0.25, 0.3) is 0 Å². The first kappa shape index (κ1) is 79.3. The minimum atomic E-state index is -0.661. The molecule has 6 heteroatoms. The minimum Gasteiger partial charge on any atom is -0.466 e. The first-order valence-electron chi connectivity index (χ1n) is 37.1. The largest absolute Gasteiger partial charge is 0.466 e. The number of nitrogens with one attached hydrogen (secondary N) is 1. The summed E-state index contributed by atoms with van der Waals surface area (Å²) in [4.78, 5) is 24.6. The van der Waals surface area contributed by atoms with Crippen LogP contribution in [-0.2, 0) is 14.3 Å². The fraction of sp³-hybridized carbons (Fsp3) is 0.920. The maximum absolute atomic E-state index is 12.5. The molecule has 0 aromatic carbocycles. The zero-order chi connectivity index (χ0) is 58.5. The molecule has 0 saturated heterocycles. The molecule has 0 rings (SSSR count). The number of allylic oxidation sites excluding steroid dienone is 4. The van der Waals surface area contributed by atoms with Gasteiger partial charge in [-0.15, -0.1) is 0 Å². The van der Waals surface area contributed by atoms with Crippen molar-refractivity contribution in [1.29, 1.82) is 0 Å². The number of rotatable bonds is 70. The first-order valence-corrected chi connectivity index (χ1v) is 37.1. The van der Waals surface area contributed by atoms with Crippen LogP contribution in [0, 0.1) is 0 Å². The van der Waals surface area contributed by atoms with Crippen molar-refractivity contribution in [2.45, 2.75) is 431 Å². The van der Waals surface area contributed by atoms with Crippen molar-refractivity contribution in [1.82, 2.24) is 5.32 Å². The van der Waals surface area contributed by atoms with E-state index in [0.717, 1.165) is 44.9 Å². The van der Waals surface area contributed by atoms with E-state index in [1.807, 2.05) is 0 Å². The van der Waals surface area contributed by atoms with Crippen molar-refractivity contribution in [2.24, 2.45) is 0 Å². The number of aliphatic hydroxyl groups is 2. The molecule has 0 bridgehead atoms. The molecule has 0 spiro atoms. The predicted molar refractivity (Wildman–Crippen MR) is 356 cm³/mol. The highest BCUT2D eigenvalue weighted by Gasteiger charge is 2.20. The number of hydrogen-bond acceptors (Lipinski definition) is 5. The van der Waals surface area contributed by atoms with Crippen LogP contribution in [0.4, 0.5) is 0 Å². The van der Waals surface area contributed by atoms with Crippen molar-refractivity contribution in [3.8, 4) is 0 Å². The van der Waals surface area contributed by atoms with Crippen molar-refractivity contribution in [2.75, 3.05) is 13.2 Å². The Morgan fingerprint density at radius 1 is 0.333 bits per heavy atom. The molecule has 1 amide bonds. The summed E-state index contributed by atoms with van der Waals surface area (Å²) in [7, 11) is 0. The molecule has 81 heavy (non-hydrogen) atoms. The molecule has 0 aromatic heterocycles. The van der Waals surface area contributed by atoms with Crippen LogP contribution in [-0.4, -0.2) is 47.4 Å². The summed E-state index contributed by atoms with van der Waals surface area (Å²) >= 11 is 0. The zero-order valence-electron chi connectivity index (χ0n) is 55.0. The van der Waals surface area contributed by atoms with Gasteiger partial charge in [-0.05, 0) is 77.0 Å². The molecule has 6 nitrogen and oxygen atoms in total. The molecule has 0 aromatic rings. The van der Waals surface area contributed by atoms with Crippen LogP contribution in [0.15, 0.2) is 24.3 Å². The van der Waals surface area contributed by atoms with Crippen LogP contribution in [0.2, 0.25) is 0 Å². The van der Waals surface area contributed by atoms with Gasteiger partial charge in [0, 0.05) is 12.8 Å². The number of hydrogen-bond donors (Lipinski definition) is 3. The highest BCUT2D eigenvalue weighted by molar-refractivity contribution is 5.76. The van der Waals surface area contributed by atoms with Gasteiger partial charge in [0.05, 0.1) is 25.4 Å². The molecule has 0 fully saturated rings. The number of carbonyl (C=O) groups is 2. The molecular weight excluding hydrogens is 995 g/mol. The predicted octanol–water partition coefficient (Wildman–Crippen LogP) is 24.1. The SMILES string of the molecule is CCCCCCCC/C=C\CCCCCCCCCC(=O)OCCCCCCCCCCCCCC/C=C\CCCCCCCCCCCCCCCCCCCC(=O)NC(CO)C(O)CCCCCCCCCCCCCCCC. The topological polar surface area (TPSA) is 95.9 Å². The monoisotopic (exact) mass is 1140 g/mol. The van der Waals surface area contributed by atoms with Gasteiger partial charge in [0.2, 0.25) is 5.91 Å². The Morgan fingerprint density at radius 2 is 0.580 bits per heavy atom. The van der Waals surface area contributed by atoms with E-state index in [-0.39, 0.29) is 18.5 Å². The number of esters is 1. The van der Waals surface area contributed by atoms with Gasteiger partial charge in [0.25, 0.3) is 0 Å². The summed E-state index contributed by atoms with van der Waals surface area (Å²) in [6.07, 6.45) is 89.6. The Bertz CT molecular complexity index is 1270. The summed E-state index contributed by atoms with van der Waals surface area (Å²) in [5.41, 5.74) is 0. The molecule has 0 heterocycles. The second kappa shape index (κ2) is 70.8. The molecule has 0 aliphatic carbocycles. The lowest BCUT2D eigenvalue weighted by atomic mass is 10.0. The van der Waals surface area contributed by atoms with Crippen molar-refractivity contribution >= 4 is 11.9 Å². The summed E-state index contributed by atoms with van der Waals surface area (Å²) in [6.45, 7) is 4.98. The summed E-state index contributed by atoms with van der Waals surface area (Å²) in [6, 6.07) is -0.538. The Labute approximate surface area is 507 Å². The maximum Gasteiger partial charge on any atom is 0.305 e. The number of amides is 1. The fourth-order valence-electron chi connectivity index (χ4n) is 11.8. The van der Waals surface area contributed by atoms with E-state index in [2.05, 4.69) is 43.5 Å². The molecule has 0 aliphatic rings. The van der Waals surface area contributed by atoms with E-state index in [4.69, 9.17) is 4.74 Å². The van der Waals surface area contributed by atoms with E-state index in [1.165, 1.54) is 340 Å². The van der Waals surface area contributed by atoms with Crippen LogP contribution >= 0.6 is 0 Å². The molecular formula is C75H145NO5. The van der Waals surface area contributed by atoms with Crippen molar-refractivity contribution < 1.29 is 24.5 Å². The second-order valence-electron chi connectivity index (χ2n) is 25.6. The van der Waals surface area contributed by atoms with Crippen LogP contribution in [0.3, 0.4) is 0 Å². The smallest absolute Gasteiger partial charge is 0.305 e. The molecule has 0 saturated carbocycles. The summed E-state index contributed by atoms with van der Waals surface area (Å²) < 4.78 is 5.50. The molecule has 3 N–H and O–H groups in total. The van der Waals surface area contributed by atoms with Gasteiger partial charge in [-0.25, -0.2) is 0 Å². The Balaban J connectivity index is 3.33. The highest BCUT2D eigenvalue weighted by Crippen LogP contribution is 2.19. The van der Waals surface area contributed by atoms with E-state index in [1.54, 1.807) is 0 Å². The van der Waals surface area contributed by atoms with Gasteiger partial charge in [-0.3, -0.25) is 9.59 Å². The van der Waals surface area contributed by atoms with E-state index >= 15 is 0 Å². The highest BCUT2D eigenvalue weighted by atomic mass is 16.5. The van der Waals surface area contributed by atoms with Crippen LogP contribution < -0.4 is 5.32 Å². The lowest BCUT2D eigenvalue weighted by Gasteiger charge is -2.22. The van der Waals surface area contributed by atoms with Crippen molar-refractivity contribution in [3.05, 3.63) is 24.3 Å². The molecule has 0 aliphatic heterocycles. The average Bonchev–Trinajstić information content (AvgIpc) is 3.47. The quantitative estimate of drug-likeness (QED) is 0.0320. The number of aliphatic hydroxyl groups excluding tert-OH is 2. The van der Waals surface area contributed by atoms with Crippen LogP contribution in [0.1, 0.15) is 418 Å². The minimum absolute atomic E-state index is 0.0161. The number of ether oxygens (including phenoxy) is 1. The Morgan fingerprint density at radius 3 is 0.877 bits per heavy atom. The summed E-state index contributed by atoms with van der Waals surface area (Å²) in [5, 5.41) is 23.3. The third-order valence-corrected chi connectivity index (χ3v) is 17.5. The third-order valence-electron chi connectivity index (χ3n) is 17.5. The maximum atomic E-state index is 12.5. The normalized spacial score (nSPS) is 12.6. The number of unbranched alkanes of at least 4 members (excludes halogenated alkanes) is 55. The molecule has 0 radical (unpaired) electrons. The van der Waals surface area contributed by atoms with Crippen LogP contribution in [0.5, 0.6) is 0 Å². The van der Waals surface area contributed by atoms with Gasteiger partial charge in [-0.2, -0.15) is 0 Å². The number of carbonyl (C=O) groups excluding carboxylic acids is 2.